The molecule has 4 heteroatoms. The molecule has 2 fully saturated rings. The summed E-state index contributed by atoms with van der Waals surface area (Å²) >= 11 is 0. The number of hydrogen-bond donors (Lipinski definition) is 0. The van der Waals surface area contributed by atoms with Gasteiger partial charge in [-0.25, -0.2) is 0 Å². The van der Waals surface area contributed by atoms with Gasteiger partial charge in [0.05, 0.1) is 0 Å². The van der Waals surface area contributed by atoms with Gasteiger partial charge in [-0.15, -0.1) is 0 Å². The number of amides is 2. The predicted octanol–water partition coefficient (Wildman–Crippen LogP) is 2.96. The van der Waals surface area contributed by atoms with Crippen molar-refractivity contribution >= 4 is 11.8 Å². The van der Waals surface area contributed by atoms with E-state index in [2.05, 4.69) is 43.0 Å². The molecule has 0 radical (unpaired) electrons. The van der Waals surface area contributed by atoms with Crippen LogP contribution in [0, 0.1) is 24.7 Å². The van der Waals surface area contributed by atoms with Crippen LogP contribution in [0.3, 0.4) is 0 Å². The van der Waals surface area contributed by atoms with Crippen LogP contribution in [0.15, 0.2) is 24.3 Å². The highest BCUT2D eigenvalue weighted by atomic mass is 16.2. The molecule has 2 aliphatic rings. The van der Waals surface area contributed by atoms with Crippen LogP contribution in [0.5, 0.6) is 0 Å². The number of aryl methyl sites for hydroxylation is 1. The van der Waals surface area contributed by atoms with Crippen LogP contribution in [-0.4, -0.2) is 47.8 Å². The van der Waals surface area contributed by atoms with Crippen LogP contribution in [0.2, 0.25) is 0 Å². The van der Waals surface area contributed by atoms with E-state index in [0.717, 1.165) is 51.9 Å². The van der Waals surface area contributed by atoms with E-state index in [1.807, 2.05) is 9.80 Å². The first-order valence-corrected chi connectivity index (χ1v) is 9.65. The summed E-state index contributed by atoms with van der Waals surface area (Å²) in [7, 11) is 0. The van der Waals surface area contributed by atoms with Gasteiger partial charge in [0.25, 0.3) is 5.91 Å². The molecule has 1 aromatic carbocycles. The van der Waals surface area contributed by atoms with E-state index in [4.69, 9.17) is 0 Å². The fraction of sp³-hybridized carbons (Fsp3) is 0.545. The van der Waals surface area contributed by atoms with Gasteiger partial charge < -0.3 is 9.80 Å². The van der Waals surface area contributed by atoms with Crippen molar-refractivity contribution in [2.45, 2.75) is 45.4 Å². The molecule has 2 aliphatic heterocycles. The summed E-state index contributed by atoms with van der Waals surface area (Å²) in [5.74, 6) is 6.76. The normalized spacial score (nSPS) is 21.1. The minimum Gasteiger partial charge on any atom is -0.343 e. The lowest BCUT2D eigenvalue weighted by molar-refractivity contribution is -0.130. The second-order valence-corrected chi connectivity index (χ2v) is 7.55. The van der Waals surface area contributed by atoms with Crippen molar-refractivity contribution in [2.75, 3.05) is 26.2 Å². The summed E-state index contributed by atoms with van der Waals surface area (Å²) in [4.78, 5) is 27.7. The molecule has 0 aliphatic carbocycles. The van der Waals surface area contributed by atoms with Crippen LogP contribution in [-0.2, 0) is 9.59 Å². The van der Waals surface area contributed by atoms with E-state index in [0.29, 0.717) is 5.92 Å². The third kappa shape index (κ3) is 4.66. The number of benzene rings is 1. The topological polar surface area (TPSA) is 40.6 Å². The third-order valence-corrected chi connectivity index (χ3v) is 5.58. The maximum absolute atomic E-state index is 12.5. The second kappa shape index (κ2) is 8.40. The highest BCUT2D eigenvalue weighted by Gasteiger charge is 2.24. The summed E-state index contributed by atoms with van der Waals surface area (Å²) in [6.45, 7) is 6.77. The van der Waals surface area contributed by atoms with Crippen molar-refractivity contribution in [1.29, 1.82) is 0 Å². The Bertz CT molecular complexity index is 706. The van der Waals surface area contributed by atoms with Crippen molar-refractivity contribution in [3.8, 4) is 11.8 Å². The largest absolute Gasteiger partial charge is 0.343 e. The van der Waals surface area contributed by atoms with E-state index >= 15 is 0 Å². The van der Waals surface area contributed by atoms with Crippen LogP contribution < -0.4 is 0 Å². The third-order valence-electron chi connectivity index (χ3n) is 5.58. The Morgan fingerprint density at radius 1 is 1.00 bits per heavy atom. The number of carbonyl (C=O) groups is 2. The highest BCUT2D eigenvalue weighted by Crippen LogP contribution is 2.27. The maximum atomic E-state index is 12.5. The average Bonchev–Trinajstić information content (AvgIpc) is 2.67. The fourth-order valence-corrected chi connectivity index (χ4v) is 3.85. The molecule has 1 unspecified atom stereocenters. The van der Waals surface area contributed by atoms with Crippen molar-refractivity contribution in [1.82, 2.24) is 9.80 Å². The van der Waals surface area contributed by atoms with Crippen molar-refractivity contribution < 1.29 is 9.59 Å². The molecule has 2 saturated heterocycles. The van der Waals surface area contributed by atoms with Gasteiger partial charge in [-0.3, -0.25) is 9.59 Å². The van der Waals surface area contributed by atoms with E-state index in [1.165, 1.54) is 11.1 Å². The lowest BCUT2D eigenvalue weighted by Gasteiger charge is -2.32. The quantitative estimate of drug-likeness (QED) is 0.729. The zero-order valence-corrected chi connectivity index (χ0v) is 15.8. The van der Waals surface area contributed by atoms with Crippen LogP contribution in [0.1, 0.15) is 49.7 Å². The Morgan fingerprint density at radius 2 is 1.69 bits per heavy atom. The van der Waals surface area contributed by atoms with Gasteiger partial charge in [-0.05, 0) is 44.1 Å². The Balaban J connectivity index is 1.55. The van der Waals surface area contributed by atoms with E-state index in [9.17, 15) is 9.59 Å². The number of piperidine rings is 2. The zero-order valence-electron chi connectivity index (χ0n) is 15.8. The van der Waals surface area contributed by atoms with Gasteiger partial charge >= 0.3 is 0 Å². The SMILES string of the molecule is CC(=O)N1CCC(C#CC(=O)N2CCCC(c3ccc(C)cc3)C2)CC1. The van der Waals surface area contributed by atoms with Gasteiger partial charge in [0, 0.05) is 44.9 Å². The first kappa shape index (κ1) is 18.5. The lowest BCUT2D eigenvalue weighted by atomic mass is 9.90. The molecule has 3 rings (SSSR count). The number of nitrogens with zero attached hydrogens (tertiary/aromatic N) is 2. The Hall–Kier alpha value is -2.28. The first-order valence-electron chi connectivity index (χ1n) is 9.65. The Morgan fingerprint density at radius 3 is 2.35 bits per heavy atom. The molecule has 0 N–H and O–H groups in total. The van der Waals surface area contributed by atoms with Crippen LogP contribution >= 0.6 is 0 Å². The molecule has 0 spiro atoms. The molecule has 0 aromatic heterocycles. The summed E-state index contributed by atoms with van der Waals surface area (Å²) < 4.78 is 0. The molecule has 1 atom stereocenters. The Kier molecular flexibility index (Phi) is 5.98. The van der Waals surface area contributed by atoms with Gasteiger partial charge in [-0.2, -0.15) is 0 Å². The highest BCUT2D eigenvalue weighted by molar-refractivity contribution is 5.93. The average molecular weight is 352 g/mol. The number of rotatable bonds is 1. The predicted molar refractivity (Wildman–Crippen MR) is 102 cm³/mol. The zero-order chi connectivity index (χ0) is 18.5. The van der Waals surface area contributed by atoms with Gasteiger partial charge in [0.1, 0.15) is 0 Å². The lowest BCUT2D eigenvalue weighted by Crippen LogP contribution is -2.38. The maximum Gasteiger partial charge on any atom is 0.298 e. The second-order valence-electron chi connectivity index (χ2n) is 7.55. The van der Waals surface area contributed by atoms with Crippen LogP contribution in [0.4, 0.5) is 0 Å². The van der Waals surface area contributed by atoms with E-state index in [-0.39, 0.29) is 17.7 Å². The van der Waals surface area contributed by atoms with Crippen molar-refractivity contribution in [2.24, 2.45) is 5.92 Å². The standard InChI is InChI=1S/C22H28N2O2/c1-17-5-8-20(9-6-17)21-4-3-13-24(16-21)22(26)10-7-19-11-14-23(15-12-19)18(2)25/h5-6,8-9,19,21H,3-4,11-16H2,1-2H3. The first-order chi connectivity index (χ1) is 12.5. The minimum atomic E-state index is -0.0455. The fourth-order valence-electron chi connectivity index (χ4n) is 3.85. The summed E-state index contributed by atoms with van der Waals surface area (Å²) in [6, 6.07) is 8.65. The molecule has 4 nitrogen and oxygen atoms in total. The molecule has 138 valence electrons. The van der Waals surface area contributed by atoms with Gasteiger partial charge in [0.2, 0.25) is 5.91 Å². The van der Waals surface area contributed by atoms with E-state index in [1.54, 1.807) is 6.92 Å². The molecule has 1 aromatic rings. The monoisotopic (exact) mass is 352 g/mol. The smallest absolute Gasteiger partial charge is 0.298 e. The van der Waals surface area contributed by atoms with Crippen molar-refractivity contribution in [3.63, 3.8) is 0 Å². The molecule has 0 saturated carbocycles. The van der Waals surface area contributed by atoms with E-state index < -0.39 is 0 Å². The molecule has 26 heavy (non-hydrogen) atoms. The number of hydrogen-bond acceptors (Lipinski definition) is 2. The summed E-state index contributed by atoms with van der Waals surface area (Å²) in [5.41, 5.74) is 2.58. The van der Waals surface area contributed by atoms with Gasteiger partial charge in [0.15, 0.2) is 0 Å². The minimum absolute atomic E-state index is 0.0455. The summed E-state index contributed by atoms with van der Waals surface area (Å²) in [6.07, 6.45) is 3.89. The molecule has 2 heterocycles. The van der Waals surface area contributed by atoms with Gasteiger partial charge in [-0.1, -0.05) is 35.7 Å². The number of likely N-dealkylation sites (tertiary alicyclic amines) is 2. The molecule has 0 bridgehead atoms. The molecular weight excluding hydrogens is 324 g/mol. The van der Waals surface area contributed by atoms with Crippen LogP contribution in [0.25, 0.3) is 0 Å². The van der Waals surface area contributed by atoms with Crippen molar-refractivity contribution in [3.05, 3.63) is 35.4 Å². The summed E-state index contributed by atoms with van der Waals surface area (Å²) in [5, 5.41) is 0. The molecule has 2 amide bonds. The Labute approximate surface area is 156 Å². The molecular formula is C22H28N2O2. The number of carbonyl (C=O) groups excluding carboxylic acids is 2.